The summed E-state index contributed by atoms with van der Waals surface area (Å²) in [5.74, 6) is -4.06. The van der Waals surface area contributed by atoms with Crippen LogP contribution in [0.1, 0.15) is 74.6 Å². The van der Waals surface area contributed by atoms with Gasteiger partial charge in [-0.05, 0) is 88.8 Å². The maximum atomic E-state index is 14.4. The summed E-state index contributed by atoms with van der Waals surface area (Å²) >= 11 is 0. The van der Waals surface area contributed by atoms with Crippen molar-refractivity contribution in [2.45, 2.75) is 76.0 Å². The number of hydrogen-bond donors (Lipinski definition) is 3. The lowest BCUT2D eigenvalue weighted by atomic mass is 9.50. The number of benzene rings is 3. The van der Waals surface area contributed by atoms with Crippen LogP contribution in [0.3, 0.4) is 0 Å². The fourth-order valence-electron chi connectivity index (χ4n) is 8.44. The number of carboxylic acid groups (broad SMARTS) is 2. The molecule has 0 spiro atoms. The summed E-state index contributed by atoms with van der Waals surface area (Å²) in [5.41, 5.74) is -2.57. The molecule has 2 fully saturated rings. The molecule has 46 heavy (non-hydrogen) atoms. The molecule has 0 bridgehead atoms. The zero-order valence-electron chi connectivity index (χ0n) is 26.6. The molecule has 5 atom stereocenters. The van der Waals surface area contributed by atoms with Crippen LogP contribution in [-0.4, -0.2) is 58.8 Å². The Morgan fingerprint density at radius 3 is 1.85 bits per heavy atom. The van der Waals surface area contributed by atoms with Crippen molar-refractivity contribution in [3.63, 3.8) is 0 Å². The van der Waals surface area contributed by atoms with E-state index in [9.17, 15) is 33.0 Å². The first-order valence-electron chi connectivity index (χ1n) is 16.0. The zero-order valence-corrected chi connectivity index (χ0v) is 26.6. The first-order valence-corrected chi connectivity index (χ1v) is 16.0. The number of nitrogens with zero attached hydrogens (tertiary/aromatic N) is 1. The van der Waals surface area contributed by atoms with Gasteiger partial charge in [-0.15, -0.1) is 0 Å². The Morgan fingerprint density at radius 2 is 1.35 bits per heavy atom. The van der Waals surface area contributed by atoms with E-state index in [2.05, 4.69) is 58.7 Å². The van der Waals surface area contributed by atoms with Crippen LogP contribution in [0.2, 0.25) is 0 Å². The van der Waals surface area contributed by atoms with Crippen molar-refractivity contribution in [1.29, 1.82) is 0 Å². The van der Waals surface area contributed by atoms with E-state index < -0.39 is 52.5 Å². The number of nitrogens with one attached hydrogen (secondary N) is 1. The summed E-state index contributed by atoms with van der Waals surface area (Å²) in [6, 6.07) is 24.2. The Hall–Kier alpha value is -3.69. The molecule has 2 heterocycles. The van der Waals surface area contributed by atoms with Crippen LogP contribution in [0.15, 0.2) is 84.9 Å². The molecule has 9 heteroatoms. The third-order valence-corrected chi connectivity index (χ3v) is 11.2. The highest BCUT2D eigenvalue weighted by atomic mass is 19.4. The van der Waals surface area contributed by atoms with Crippen LogP contribution in [-0.2, 0) is 21.2 Å². The number of halogens is 3. The van der Waals surface area contributed by atoms with Crippen molar-refractivity contribution in [3.05, 3.63) is 107 Å². The maximum Gasteiger partial charge on any atom is 0.416 e. The van der Waals surface area contributed by atoms with Gasteiger partial charge in [0.05, 0.1) is 16.4 Å². The SMILES string of the molecule is CC1NC(C)C(CCCN2CCC(c3ccccc3)(c3ccccc3)CC2)(C(=O)O)C(c2ccccc2C(F)(F)F)C1(C)C(=O)O. The van der Waals surface area contributed by atoms with Crippen molar-refractivity contribution in [2.75, 3.05) is 19.6 Å². The smallest absolute Gasteiger partial charge is 0.416 e. The summed E-state index contributed by atoms with van der Waals surface area (Å²) in [5, 5.41) is 24.6. The lowest BCUT2D eigenvalue weighted by Gasteiger charge is -2.56. The molecule has 3 aromatic carbocycles. The number of hydrogen-bond acceptors (Lipinski definition) is 4. The van der Waals surface area contributed by atoms with Crippen molar-refractivity contribution in [3.8, 4) is 0 Å². The molecule has 0 aromatic heterocycles. The molecule has 6 nitrogen and oxygen atoms in total. The average Bonchev–Trinajstić information content (AvgIpc) is 3.04. The predicted molar refractivity (Wildman–Crippen MR) is 171 cm³/mol. The minimum Gasteiger partial charge on any atom is -0.481 e. The Balaban J connectivity index is 1.44. The highest BCUT2D eigenvalue weighted by molar-refractivity contribution is 5.84. The second kappa shape index (κ2) is 12.8. The van der Waals surface area contributed by atoms with Crippen LogP contribution in [0.25, 0.3) is 0 Å². The Kier molecular flexibility index (Phi) is 9.40. The highest BCUT2D eigenvalue weighted by Gasteiger charge is 2.65. The van der Waals surface area contributed by atoms with E-state index in [1.54, 1.807) is 13.8 Å². The van der Waals surface area contributed by atoms with Gasteiger partial charge in [0.2, 0.25) is 0 Å². The highest BCUT2D eigenvalue weighted by Crippen LogP contribution is 2.59. The maximum absolute atomic E-state index is 14.4. The number of aliphatic carboxylic acids is 2. The normalized spacial score (nSPS) is 28.4. The second-order valence-electron chi connectivity index (χ2n) is 13.3. The van der Waals surface area contributed by atoms with Gasteiger partial charge in [0.25, 0.3) is 0 Å². The molecule has 2 saturated heterocycles. The standard InChI is InChI=1S/C37H43F3N2O4/c1-25-34(3,32(43)44)31(29-17-10-11-18-30(29)37(38,39)40)36(33(45)46,26(2)41-25)19-12-22-42-23-20-35(21-24-42,27-13-6-4-7-14-27)28-15-8-5-9-16-28/h4-11,13-18,25-26,31,41H,12,19-24H2,1-3H3,(H,43,44)(H,45,46). The molecule has 0 aliphatic carbocycles. The Morgan fingerprint density at radius 1 is 0.826 bits per heavy atom. The van der Waals surface area contributed by atoms with E-state index >= 15 is 0 Å². The van der Waals surface area contributed by atoms with Crippen LogP contribution in [0.5, 0.6) is 0 Å². The second-order valence-corrected chi connectivity index (χ2v) is 13.3. The quantitative estimate of drug-likeness (QED) is 0.230. The summed E-state index contributed by atoms with van der Waals surface area (Å²) in [6.45, 7) is 6.73. The van der Waals surface area contributed by atoms with E-state index in [0.717, 1.165) is 32.0 Å². The van der Waals surface area contributed by atoms with Crippen molar-refractivity contribution in [2.24, 2.45) is 10.8 Å². The summed E-state index contributed by atoms with van der Waals surface area (Å²) in [4.78, 5) is 28.6. The van der Waals surface area contributed by atoms with E-state index in [0.29, 0.717) is 13.0 Å². The molecule has 5 unspecified atom stereocenters. The largest absolute Gasteiger partial charge is 0.481 e. The van der Waals surface area contributed by atoms with Gasteiger partial charge < -0.3 is 20.4 Å². The number of alkyl halides is 3. The molecular formula is C37H43F3N2O4. The zero-order chi connectivity index (χ0) is 33.3. The molecule has 0 radical (unpaired) electrons. The van der Waals surface area contributed by atoms with Gasteiger partial charge in [0.1, 0.15) is 0 Å². The topological polar surface area (TPSA) is 89.9 Å². The van der Waals surface area contributed by atoms with E-state index in [-0.39, 0.29) is 17.4 Å². The lowest BCUT2D eigenvalue weighted by molar-refractivity contribution is -0.173. The minimum absolute atomic E-state index is 0.0158. The molecule has 2 aliphatic heterocycles. The molecule has 2 aliphatic rings. The predicted octanol–water partition coefficient (Wildman–Crippen LogP) is 7.19. The minimum atomic E-state index is -4.78. The Bertz CT molecular complexity index is 1480. The van der Waals surface area contributed by atoms with E-state index in [1.807, 2.05) is 12.1 Å². The summed E-state index contributed by atoms with van der Waals surface area (Å²) in [7, 11) is 0. The summed E-state index contributed by atoms with van der Waals surface area (Å²) < 4.78 is 43.2. The third-order valence-electron chi connectivity index (χ3n) is 11.2. The van der Waals surface area contributed by atoms with Gasteiger partial charge in [0, 0.05) is 23.4 Å². The molecule has 5 rings (SSSR count). The van der Waals surface area contributed by atoms with Crippen LogP contribution in [0.4, 0.5) is 13.2 Å². The first kappa shape index (κ1) is 33.7. The monoisotopic (exact) mass is 636 g/mol. The van der Waals surface area contributed by atoms with Gasteiger partial charge in [-0.1, -0.05) is 78.9 Å². The fraction of sp³-hybridized carbons (Fsp3) is 0.459. The molecule has 3 aromatic rings. The molecule has 3 N–H and O–H groups in total. The molecule has 0 amide bonds. The third kappa shape index (κ3) is 5.72. The van der Waals surface area contributed by atoms with Gasteiger partial charge in [0.15, 0.2) is 0 Å². The van der Waals surface area contributed by atoms with Crippen molar-refractivity contribution >= 4 is 11.9 Å². The van der Waals surface area contributed by atoms with Crippen LogP contribution < -0.4 is 5.32 Å². The lowest BCUT2D eigenvalue weighted by Crippen LogP contribution is -2.69. The van der Waals surface area contributed by atoms with Gasteiger partial charge in [-0.2, -0.15) is 13.2 Å². The molecular weight excluding hydrogens is 593 g/mol. The van der Waals surface area contributed by atoms with Gasteiger partial charge in [-0.25, -0.2) is 0 Å². The van der Waals surface area contributed by atoms with E-state index in [4.69, 9.17) is 0 Å². The first-order chi connectivity index (χ1) is 21.8. The number of piperidine rings is 2. The van der Waals surface area contributed by atoms with Crippen LogP contribution >= 0.6 is 0 Å². The van der Waals surface area contributed by atoms with Gasteiger partial charge in [-0.3, -0.25) is 9.59 Å². The fourth-order valence-corrected chi connectivity index (χ4v) is 8.44. The number of carbonyl (C=O) groups is 2. The van der Waals surface area contributed by atoms with Gasteiger partial charge >= 0.3 is 18.1 Å². The average molecular weight is 637 g/mol. The van der Waals surface area contributed by atoms with Crippen molar-refractivity contribution in [1.82, 2.24) is 10.2 Å². The Labute approximate surface area is 268 Å². The number of likely N-dealkylation sites (tertiary alicyclic amines) is 1. The number of rotatable bonds is 9. The molecule has 0 saturated carbocycles. The summed E-state index contributed by atoms with van der Waals surface area (Å²) in [6.07, 6.45) is -2.66. The van der Waals surface area contributed by atoms with Crippen LogP contribution in [0, 0.1) is 10.8 Å². The molecule has 246 valence electrons. The van der Waals surface area contributed by atoms with Crippen molar-refractivity contribution < 1.29 is 33.0 Å². The van der Waals surface area contributed by atoms with E-state index in [1.165, 1.54) is 36.2 Å². The number of carboxylic acids is 2.